The van der Waals surface area contributed by atoms with Gasteiger partial charge in [0.2, 0.25) is 17.4 Å². The molecule has 0 saturated carbocycles. The second kappa shape index (κ2) is 7.15. The molecule has 0 saturated heterocycles. The highest BCUT2D eigenvalue weighted by atomic mass is 32.2. The minimum atomic E-state index is -5.17. The fraction of sp³-hybridized carbons (Fsp3) is 0.176. The van der Waals surface area contributed by atoms with Gasteiger partial charge in [-0.25, -0.2) is 0 Å². The van der Waals surface area contributed by atoms with Crippen molar-refractivity contribution in [2.24, 2.45) is 5.73 Å². The van der Waals surface area contributed by atoms with Gasteiger partial charge in [0.15, 0.2) is 6.08 Å². The van der Waals surface area contributed by atoms with Crippen LogP contribution in [-0.4, -0.2) is 19.2 Å². The molecular formula is C17H13F3N2O5S. The summed E-state index contributed by atoms with van der Waals surface area (Å²) in [6.45, 7) is 0. The Labute approximate surface area is 161 Å². The van der Waals surface area contributed by atoms with Gasteiger partial charge in [0.25, 0.3) is 0 Å². The predicted molar refractivity (Wildman–Crippen MR) is 89.4 cm³/mol. The molecule has 11 heteroatoms. The number of Topliss-reactive ketones (excluding diaryl/α,β-unsaturated/α-hetero) is 1. The van der Waals surface area contributed by atoms with Crippen LogP contribution in [0.15, 0.2) is 60.3 Å². The maximum atomic E-state index is 12.7. The summed E-state index contributed by atoms with van der Waals surface area (Å²) < 4.78 is 96.5. The Morgan fingerprint density at radius 3 is 2.50 bits per heavy atom. The van der Waals surface area contributed by atoms with Crippen LogP contribution in [0.5, 0.6) is 0 Å². The van der Waals surface area contributed by atoms with Gasteiger partial charge >= 0.3 is 16.3 Å². The van der Waals surface area contributed by atoms with E-state index in [2.05, 4.69) is 9.17 Å². The van der Waals surface area contributed by atoms with Crippen molar-refractivity contribution in [1.29, 1.82) is 0 Å². The lowest BCUT2D eigenvalue weighted by molar-refractivity contribution is -0.141. The molecule has 148 valence electrons. The Kier molecular flexibility index (Phi) is 4.07. The fourth-order valence-electron chi connectivity index (χ4n) is 2.16. The number of aromatic nitrogens is 1. The van der Waals surface area contributed by atoms with Crippen LogP contribution in [0, 0.1) is 0 Å². The summed E-state index contributed by atoms with van der Waals surface area (Å²) in [5.41, 5.74) is 0.301. The Morgan fingerprint density at radius 2 is 1.93 bits per heavy atom. The topological polar surface area (TPSA) is 109 Å². The SMILES string of the molecule is [2H]C1(c2ccc(C(F)(F)F)nc2)OC(N)=C(OS(=O)(=O)C([2H])([2H])c2ccccc2)C1=O. The minimum absolute atomic E-state index is 0.301. The second-order valence-corrected chi connectivity index (χ2v) is 6.67. The molecule has 0 fully saturated rings. The molecule has 1 aromatic carbocycles. The highest BCUT2D eigenvalue weighted by Gasteiger charge is 2.40. The molecule has 3 rings (SSSR count). The van der Waals surface area contributed by atoms with Crippen molar-refractivity contribution in [3.63, 3.8) is 0 Å². The van der Waals surface area contributed by atoms with Crippen LogP contribution in [-0.2, 0) is 35.7 Å². The average Bonchev–Trinajstić information content (AvgIpc) is 2.91. The Bertz CT molecular complexity index is 1160. The zero-order chi connectivity index (χ0) is 23.2. The van der Waals surface area contributed by atoms with Gasteiger partial charge in [-0.2, -0.15) is 21.6 Å². The normalized spacial score (nSPS) is 22.2. The summed E-state index contributed by atoms with van der Waals surface area (Å²) in [7, 11) is -5.17. The van der Waals surface area contributed by atoms with Gasteiger partial charge in [0, 0.05) is 11.8 Å². The lowest BCUT2D eigenvalue weighted by atomic mass is 10.1. The van der Waals surface area contributed by atoms with E-state index in [0.717, 1.165) is 6.07 Å². The van der Waals surface area contributed by atoms with E-state index in [4.69, 9.17) is 14.6 Å². The Hall–Kier alpha value is -3.08. The summed E-state index contributed by atoms with van der Waals surface area (Å²) >= 11 is 0. The third kappa shape index (κ3) is 4.25. The molecule has 1 atom stereocenters. The van der Waals surface area contributed by atoms with Crippen molar-refractivity contribution >= 4 is 15.9 Å². The van der Waals surface area contributed by atoms with E-state index in [9.17, 15) is 26.4 Å². The first-order valence-corrected chi connectivity index (χ1v) is 8.88. The highest BCUT2D eigenvalue weighted by molar-refractivity contribution is 7.86. The number of alkyl halides is 3. The van der Waals surface area contributed by atoms with Crippen LogP contribution < -0.4 is 5.73 Å². The molecule has 0 aliphatic carbocycles. The van der Waals surface area contributed by atoms with Gasteiger partial charge in [0.05, 0.1) is 4.11 Å². The van der Waals surface area contributed by atoms with E-state index in [1.165, 1.54) is 30.3 Å². The summed E-state index contributed by atoms with van der Waals surface area (Å²) in [5.74, 6) is -3.58. The van der Waals surface area contributed by atoms with E-state index in [0.29, 0.717) is 12.3 Å². The first-order chi connectivity index (χ1) is 14.2. The standard InChI is InChI=1S/C17H13F3N2O5S/c18-17(19,20)12-7-6-11(8-22-12)14-13(23)15(16(21)26-14)27-28(24,25)9-10-4-2-1-3-5-10/h1-8,14H,9,21H2/i9D2,14D. The Morgan fingerprint density at radius 1 is 1.25 bits per heavy atom. The lowest BCUT2D eigenvalue weighted by Gasteiger charge is -2.11. The molecule has 1 aliphatic rings. The van der Waals surface area contributed by atoms with Crippen molar-refractivity contribution < 1.29 is 39.4 Å². The summed E-state index contributed by atoms with van der Waals surface area (Å²) in [4.78, 5) is 15.8. The van der Waals surface area contributed by atoms with Crippen LogP contribution in [0.1, 0.15) is 27.0 Å². The molecule has 1 aromatic heterocycles. The predicted octanol–water partition coefficient (Wildman–Crippen LogP) is 2.42. The highest BCUT2D eigenvalue weighted by Crippen LogP contribution is 2.34. The first-order valence-electron chi connectivity index (χ1n) is 8.97. The van der Waals surface area contributed by atoms with Gasteiger partial charge < -0.3 is 14.7 Å². The van der Waals surface area contributed by atoms with Gasteiger partial charge in [-0.1, -0.05) is 36.4 Å². The van der Waals surface area contributed by atoms with E-state index >= 15 is 0 Å². The molecule has 1 unspecified atom stereocenters. The zero-order valence-corrected chi connectivity index (χ0v) is 14.5. The number of carbonyl (C=O) groups excluding carboxylic acids is 1. The van der Waals surface area contributed by atoms with E-state index in [-0.39, 0.29) is 5.56 Å². The smallest absolute Gasteiger partial charge is 0.433 e. The molecule has 0 radical (unpaired) electrons. The Balaban J connectivity index is 1.91. The van der Waals surface area contributed by atoms with Crippen LogP contribution in [0.4, 0.5) is 13.2 Å². The van der Waals surface area contributed by atoms with Crippen LogP contribution >= 0.6 is 0 Å². The minimum Gasteiger partial charge on any atom is -0.460 e. The number of hydrogen-bond donors (Lipinski definition) is 1. The summed E-state index contributed by atoms with van der Waals surface area (Å²) in [5, 5.41) is 0. The second-order valence-electron chi connectivity index (χ2n) is 5.39. The average molecular weight is 417 g/mol. The van der Waals surface area contributed by atoms with Crippen molar-refractivity contribution in [2.45, 2.75) is 18.0 Å². The van der Waals surface area contributed by atoms with Crippen molar-refractivity contribution in [3.8, 4) is 0 Å². The van der Waals surface area contributed by atoms with Gasteiger partial charge in [0.1, 0.15) is 11.4 Å². The molecule has 2 N–H and O–H groups in total. The van der Waals surface area contributed by atoms with Crippen LogP contribution in [0.2, 0.25) is 0 Å². The monoisotopic (exact) mass is 417 g/mol. The zero-order valence-electron chi connectivity index (χ0n) is 16.7. The third-order valence-electron chi connectivity index (χ3n) is 3.37. The van der Waals surface area contributed by atoms with Gasteiger partial charge in [-0.3, -0.25) is 9.78 Å². The number of nitrogens with zero attached hydrogens (tertiary/aromatic N) is 1. The number of rotatable bonds is 5. The number of ether oxygens (including phenoxy) is 1. The third-order valence-corrected chi connectivity index (χ3v) is 4.25. The number of hydrogen-bond acceptors (Lipinski definition) is 7. The number of benzene rings is 1. The molecule has 2 aromatic rings. The van der Waals surface area contributed by atoms with Crippen molar-refractivity contribution in [3.05, 3.63) is 77.1 Å². The fourth-order valence-corrected chi connectivity index (χ4v) is 3.01. The molecular weight excluding hydrogens is 401 g/mol. The largest absolute Gasteiger partial charge is 0.460 e. The molecule has 0 bridgehead atoms. The molecule has 7 nitrogen and oxygen atoms in total. The van der Waals surface area contributed by atoms with Crippen LogP contribution in [0.3, 0.4) is 0 Å². The van der Waals surface area contributed by atoms with Gasteiger partial charge in [-0.15, -0.1) is 0 Å². The molecule has 0 amide bonds. The van der Waals surface area contributed by atoms with Crippen molar-refractivity contribution in [1.82, 2.24) is 4.98 Å². The number of pyridine rings is 1. The first kappa shape index (κ1) is 15.9. The van der Waals surface area contributed by atoms with Crippen LogP contribution in [0.25, 0.3) is 0 Å². The molecule has 28 heavy (non-hydrogen) atoms. The molecule has 0 spiro atoms. The quantitative estimate of drug-likeness (QED) is 0.744. The van der Waals surface area contributed by atoms with Crippen molar-refractivity contribution in [2.75, 3.05) is 0 Å². The summed E-state index contributed by atoms with van der Waals surface area (Å²) in [6.07, 6.45) is -6.98. The van der Waals surface area contributed by atoms with E-state index in [1.54, 1.807) is 0 Å². The van der Waals surface area contributed by atoms with E-state index < -0.39 is 56.8 Å². The number of nitrogens with two attached hydrogens (primary N) is 1. The lowest BCUT2D eigenvalue weighted by Crippen LogP contribution is -2.16. The van der Waals surface area contributed by atoms with E-state index in [1.807, 2.05) is 0 Å². The maximum absolute atomic E-state index is 12.7. The van der Waals surface area contributed by atoms with Gasteiger partial charge in [-0.05, 0) is 11.6 Å². The molecule has 1 aliphatic heterocycles. The maximum Gasteiger partial charge on any atom is 0.433 e. The number of carbonyl (C=O) groups is 1. The molecule has 2 heterocycles. The number of halogens is 3. The number of ketones is 1. The summed E-state index contributed by atoms with van der Waals surface area (Å²) in [6, 6.07) is 7.88.